The molecule has 18 heavy (non-hydrogen) atoms. The van der Waals surface area contributed by atoms with E-state index in [9.17, 15) is 4.79 Å². The van der Waals surface area contributed by atoms with Gasteiger partial charge in [-0.3, -0.25) is 0 Å². The predicted octanol–water partition coefficient (Wildman–Crippen LogP) is 2.88. The lowest BCUT2D eigenvalue weighted by Crippen LogP contribution is -1.98. The summed E-state index contributed by atoms with van der Waals surface area (Å²) in [4.78, 5) is 11.1. The highest BCUT2D eigenvalue weighted by Gasteiger charge is 2.18. The van der Waals surface area contributed by atoms with Crippen LogP contribution in [-0.2, 0) is 17.6 Å². The fourth-order valence-electron chi connectivity index (χ4n) is 2.09. The van der Waals surface area contributed by atoms with Crippen molar-refractivity contribution in [1.82, 2.24) is 0 Å². The van der Waals surface area contributed by atoms with Crippen molar-refractivity contribution in [3.63, 3.8) is 0 Å². The number of furan rings is 1. The lowest BCUT2D eigenvalue weighted by atomic mass is 10.0. The summed E-state index contributed by atoms with van der Waals surface area (Å²) < 4.78 is 10.4. The first-order valence-corrected chi connectivity index (χ1v) is 5.94. The molecule has 96 valence electrons. The van der Waals surface area contributed by atoms with Crippen molar-refractivity contribution in [2.24, 2.45) is 0 Å². The molecule has 0 radical (unpaired) electrons. The number of ether oxygens (including phenoxy) is 1. The van der Waals surface area contributed by atoms with Gasteiger partial charge >= 0.3 is 5.97 Å². The number of aryl methyl sites for hydroxylation is 1. The van der Waals surface area contributed by atoms with Crippen molar-refractivity contribution < 1.29 is 19.1 Å². The van der Waals surface area contributed by atoms with E-state index in [1.54, 1.807) is 7.11 Å². The molecule has 4 nitrogen and oxygen atoms in total. The highest BCUT2D eigenvalue weighted by Crippen LogP contribution is 2.27. The summed E-state index contributed by atoms with van der Waals surface area (Å²) in [6, 6.07) is 5.75. The fraction of sp³-hybridized carbons (Fsp3) is 0.357. The van der Waals surface area contributed by atoms with Crippen LogP contribution in [0.3, 0.4) is 0 Å². The summed E-state index contributed by atoms with van der Waals surface area (Å²) in [5, 5.41) is 9.99. The van der Waals surface area contributed by atoms with E-state index in [2.05, 4.69) is 0 Å². The molecule has 1 aromatic heterocycles. The molecule has 0 aliphatic carbocycles. The maximum absolute atomic E-state index is 11.1. The second kappa shape index (κ2) is 5.23. The van der Waals surface area contributed by atoms with E-state index in [1.807, 2.05) is 25.1 Å². The summed E-state index contributed by atoms with van der Waals surface area (Å²) in [6.45, 7) is 2.58. The molecule has 1 heterocycles. The van der Waals surface area contributed by atoms with Crippen LogP contribution in [0.1, 0.15) is 28.6 Å². The van der Waals surface area contributed by atoms with Crippen LogP contribution in [0.2, 0.25) is 0 Å². The summed E-state index contributed by atoms with van der Waals surface area (Å²) in [6.07, 6.45) is 1.45. The standard InChI is InChI=1S/C14H16O4/c1-3-10-11-8-9(6-7-17-2)4-5-12(11)18-13(10)14(15)16/h4-5,8H,3,6-7H2,1-2H3,(H,15,16). The molecule has 1 N–H and O–H groups in total. The Bertz CT molecular complexity index is 568. The minimum Gasteiger partial charge on any atom is -0.475 e. The molecule has 0 unspecified atom stereocenters. The molecule has 0 saturated heterocycles. The molecular weight excluding hydrogens is 232 g/mol. The van der Waals surface area contributed by atoms with Crippen LogP contribution in [0.4, 0.5) is 0 Å². The Hall–Kier alpha value is -1.81. The largest absolute Gasteiger partial charge is 0.475 e. The molecule has 0 atom stereocenters. The van der Waals surface area contributed by atoms with Crippen LogP contribution in [-0.4, -0.2) is 24.8 Å². The molecule has 0 aliphatic rings. The first-order valence-electron chi connectivity index (χ1n) is 5.94. The van der Waals surface area contributed by atoms with E-state index in [1.165, 1.54) is 0 Å². The Balaban J connectivity index is 2.50. The zero-order valence-corrected chi connectivity index (χ0v) is 10.5. The number of hydrogen-bond donors (Lipinski definition) is 1. The third-order valence-electron chi connectivity index (χ3n) is 3.00. The number of carboxylic acid groups (broad SMARTS) is 1. The van der Waals surface area contributed by atoms with Gasteiger partial charge in [0.05, 0.1) is 6.61 Å². The zero-order chi connectivity index (χ0) is 13.1. The summed E-state index contributed by atoms with van der Waals surface area (Å²) >= 11 is 0. The Morgan fingerprint density at radius 1 is 1.44 bits per heavy atom. The first kappa shape index (κ1) is 12.6. The van der Waals surface area contributed by atoms with Crippen LogP contribution in [0, 0.1) is 0 Å². The van der Waals surface area contributed by atoms with Crippen molar-refractivity contribution in [3.05, 3.63) is 35.1 Å². The van der Waals surface area contributed by atoms with Gasteiger partial charge in [0, 0.05) is 18.1 Å². The van der Waals surface area contributed by atoms with Gasteiger partial charge in [-0.05, 0) is 30.5 Å². The van der Waals surface area contributed by atoms with E-state index in [0.717, 1.165) is 22.9 Å². The lowest BCUT2D eigenvalue weighted by molar-refractivity contribution is 0.0663. The Labute approximate surface area is 105 Å². The molecule has 0 bridgehead atoms. The molecule has 2 rings (SSSR count). The minimum atomic E-state index is -1.01. The quantitative estimate of drug-likeness (QED) is 0.883. The van der Waals surface area contributed by atoms with Crippen LogP contribution in [0.25, 0.3) is 11.0 Å². The predicted molar refractivity (Wildman–Crippen MR) is 68.1 cm³/mol. The minimum absolute atomic E-state index is 0.0522. The highest BCUT2D eigenvalue weighted by atomic mass is 16.5. The number of hydrogen-bond acceptors (Lipinski definition) is 3. The maximum atomic E-state index is 11.1. The second-order valence-corrected chi connectivity index (χ2v) is 4.14. The number of carbonyl (C=O) groups is 1. The van der Waals surface area contributed by atoms with Gasteiger partial charge in [0.15, 0.2) is 0 Å². The average molecular weight is 248 g/mol. The van der Waals surface area contributed by atoms with Crippen molar-refractivity contribution in [3.8, 4) is 0 Å². The van der Waals surface area contributed by atoms with Crippen molar-refractivity contribution in [2.75, 3.05) is 13.7 Å². The molecule has 0 spiro atoms. The summed E-state index contributed by atoms with van der Waals surface area (Å²) in [5.41, 5.74) is 2.51. The lowest BCUT2D eigenvalue weighted by Gasteiger charge is -2.00. The Kier molecular flexibility index (Phi) is 3.67. The smallest absolute Gasteiger partial charge is 0.372 e. The van der Waals surface area contributed by atoms with Crippen molar-refractivity contribution in [1.29, 1.82) is 0 Å². The Morgan fingerprint density at radius 3 is 2.83 bits per heavy atom. The molecule has 0 aliphatic heterocycles. The number of fused-ring (bicyclic) bond motifs is 1. The number of carboxylic acids is 1. The molecule has 4 heteroatoms. The number of methoxy groups -OCH3 is 1. The maximum Gasteiger partial charge on any atom is 0.372 e. The van der Waals surface area contributed by atoms with Crippen LogP contribution in [0.5, 0.6) is 0 Å². The number of benzene rings is 1. The van der Waals surface area contributed by atoms with E-state index in [4.69, 9.17) is 14.3 Å². The van der Waals surface area contributed by atoms with Crippen molar-refractivity contribution in [2.45, 2.75) is 19.8 Å². The van der Waals surface area contributed by atoms with E-state index < -0.39 is 5.97 Å². The van der Waals surface area contributed by atoms with Gasteiger partial charge in [0.1, 0.15) is 5.58 Å². The first-order chi connectivity index (χ1) is 8.67. The average Bonchev–Trinajstić information content (AvgIpc) is 2.74. The third kappa shape index (κ3) is 2.24. The van der Waals surface area contributed by atoms with Gasteiger partial charge in [-0.2, -0.15) is 0 Å². The summed E-state index contributed by atoms with van der Waals surface area (Å²) in [5.74, 6) is -0.960. The molecule has 1 aromatic carbocycles. The van der Waals surface area contributed by atoms with E-state index in [-0.39, 0.29) is 5.76 Å². The molecule has 0 amide bonds. The Morgan fingerprint density at radius 2 is 2.22 bits per heavy atom. The fourth-order valence-corrected chi connectivity index (χ4v) is 2.09. The van der Waals surface area contributed by atoms with Gasteiger partial charge in [-0.25, -0.2) is 4.79 Å². The van der Waals surface area contributed by atoms with Crippen LogP contribution < -0.4 is 0 Å². The van der Waals surface area contributed by atoms with Gasteiger partial charge in [-0.1, -0.05) is 13.0 Å². The highest BCUT2D eigenvalue weighted by molar-refractivity contribution is 5.95. The van der Waals surface area contributed by atoms with Gasteiger partial charge in [0.25, 0.3) is 0 Å². The second-order valence-electron chi connectivity index (χ2n) is 4.14. The number of aromatic carboxylic acids is 1. The summed E-state index contributed by atoms with van der Waals surface area (Å²) in [7, 11) is 1.66. The van der Waals surface area contributed by atoms with Gasteiger partial charge in [-0.15, -0.1) is 0 Å². The van der Waals surface area contributed by atoms with E-state index in [0.29, 0.717) is 18.6 Å². The van der Waals surface area contributed by atoms with Gasteiger partial charge < -0.3 is 14.3 Å². The van der Waals surface area contributed by atoms with Crippen LogP contribution >= 0.6 is 0 Å². The monoisotopic (exact) mass is 248 g/mol. The topological polar surface area (TPSA) is 59.7 Å². The SMILES string of the molecule is CCc1c(C(=O)O)oc2ccc(CCOC)cc12. The number of rotatable bonds is 5. The molecule has 0 fully saturated rings. The zero-order valence-electron chi connectivity index (χ0n) is 10.5. The molecular formula is C14H16O4. The third-order valence-corrected chi connectivity index (χ3v) is 3.00. The normalized spacial score (nSPS) is 11.0. The van der Waals surface area contributed by atoms with Crippen molar-refractivity contribution >= 4 is 16.9 Å². The van der Waals surface area contributed by atoms with Crippen LogP contribution in [0.15, 0.2) is 22.6 Å². The molecule has 0 saturated carbocycles. The molecule has 2 aromatic rings. The van der Waals surface area contributed by atoms with E-state index >= 15 is 0 Å². The van der Waals surface area contributed by atoms with Gasteiger partial charge in [0.2, 0.25) is 5.76 Å².